The van der Waals surface area contributed by atoms with Gasteiger partial charge in [-0.1, -0.05) is 0 Å². The maximum atomic E-state index is 14.0. The van der Waals surface area contributed by atoms with Crippen molar-refractivity contribution in [3.8, 4) is 5.75 Å². The van der Waals surface area contributed by atoms with E-state index in [-0.39, 0.29) is 18.7 Å². The van der Waals surface area contributed by atoms with Crippen LogP contribution >= 0.6 is 0 Å². The highest BCUT2D eigenvalue weighted by molar-refractivity contribution is 7.88. The van der Waals surface area contributed by atoms with Crippen LogP contribution in [0, 0.1) is 0 Å². The van der Waals surface area contributed by atoms with E-state index in [0.717, 1.165) is 0 Å². The van der Waals surface area contributed by atoms with E-state index in [1.54, 1.807) is 0 Å². The monoisotopic (exact) mass is 662 g/mol. The van der Waals surface area contributed by atoms with Gasteiger partial charge in [-0.25, -0.2) is 0 Å². The maximum absolute atomic E-state index is 14.0. The van der Waals surface area contributed by atoms with E-state index in [0.29, 0.717) is 12.1 Å². The molecule has 0 saturated heterocycles. The normalized spacial score (nSPS) is 15.2. The van der Waals surface area contributed by atoms with Gasteiger partial charge in [-0.05, 0) is 31.2 Å². The minimum absolute atomic E-state index is 0.00643. The van der Waals surface area contributed by atoms with Gasteiger partial charge in [-0.15, -0.1) is 0 Å². The highest BCUT2D eigenvalue weighted by Gasteiger charge is 2.96. The molecule has 0 unspecified atom stereocenters. The first-order chi connectivity index (χ1) is 17.9. The van der Waals surface area contributed by atoms with Gasteiger partial charge in [0, 0.05) is 12.2 Å². The molecule has 238 valence electrons. The zero-order valence-electron chi connectivity index (χ0n) is 19.1. The molecule has 0 saturated carbocycles. The van der Waals surface area contributed by atoms with Crippen LogP contribution < -0.4 is 4.18 Å². The summed E-state index contributed by atoms with van der Waals surface area (Å²) in [6.07, 6.45) is -7.92. The summed E-state index contributed by atoms with van der Waals surface area (Å²) in [6.45, 7) is 0.836. The molecule has 0 aromatic heterocycles. The minimum Gasteiger partial charge on any atom is -0.378 e. The van der Waals surface area contributed by atoms with Crippen LogP contribution in [0.25, 0.3) is 0 Å². The average molecular weight is 662 g/mol. The van der Waals surface area contributed by atoms with Crippen LogP contribution in [0.4, 0.5) is 74.6 Å². The molecule has 0 amide bonds. The van der Waals surface area contributed by atoms with Crippen molar-refractivity contribution >= 4 is 15.9 Å². The summed E-state index contributed by atoms with van der Waals surface area (Å²) in [7, 11) is -7.76. The second kappa shape index (κ2) is 10.6. The number of hydrogen-bond donors (Lipinski definition) is 0. The molecule has 0 aliphatic heterocycles. The molecule has 1 aromatic rings. The molecule has 0 spiro atoms. The molecular weight excluding hydrogens is 651 g/mol. The third kappa shape index (κ3) is 5.49. The van der Waals surface area contributed by atoms with Crippen molar-refractivity contribution in [1.29, 1.82) is 0 Å². The van der Waals surface area contributed by atoms with Gasteiger partial charge in [0.1, 0.15) is 12.4 Å². The molecule has 0 aliphatic carbocycles. The zero-order chi connectivity index (χ0) is 32.9. The number of carbonyl (C=O) groups is 1. The van der Waals surface area contributed by atoms with E-state index in [1.165, 1.54) is 6.92 Å². The first kappa shape index (κ1) is 36.4. The Morgan fingerprint density at radius 3 is 1.37 bits per heavy atom. The number of Topliss-reactive ketones (excluding diaryl/α,β-unsaturated/α-hetero) is 1. The summed E-state index contributed by atoms with van der Waals surface area (Å²) in [4.78, 5) is 11.7. The third-order valence-electron chi connectivity index (χ3n) is 4.83. The lowest BCUT2D eigenvalue weighted by Crippen LogP contribution is -2.75. The maximum Gasteiger partial charge on any atom is 0.460 e. The molecule has 0 fully saturated rings. The van der Waals surface area contributed by atoms with Crippen LogP contribution in [-0.2, 0) is 14.9 Å². The highest BCUT2D eigenvalue weighted by atomic mass is 32.2. The van der Waals surface area contributed by atoms with Crippen LogP contribution in [0.1, 0.15) is 17.3 Å². The van der Waals surface area contributed by atoms with Crippen LogP contribution in [0.5, 0.6) is 5.75 Å². The molecule has 0 bridgehead atoms. The number of carbonyl (C=O) groups excluding carboxylic acids is 1. The van der Waals surface area contributed by atoms with Crippen molar-refractivity contribution in [2.45, 2.75) is 53.9 Å². The highest BCUT2D eigenvalue weighted by Crippen LogP contribution is 2.64. The predicted molar refractivity (Wildman–Crippen MR) is 97.5 cm³/mol. The summed E-state index contributed by atoms with van der Waals surface area (Å²) in [5.41, 5.74) is -0.398. The molecule has 0 heterocycles. The first-order valence-electron chi connectivity index (χ1n) is 9.78. The van der Waals surface area contributed by atoms with Crippen molar-refractivity contribution in [3.05, 3.63) is 29.8 Å². The average Bonchev–Trinajstić information content (AvgIpc) is 2.81. The van der Waals surface area contributed by atoms with E-state index in [4.69, 9.17) is 4.74 Å². The van der Waals surface area contributed by atoms with Crippen molar-refractivity contribution < 1.29 is 96.8 Å². The van der Waals surface area contributed by atoms with Crippen LogP contribution in [0.3, 0.4) is 0 Å². The second-order valence-electron chi connectivity index (χ2n) is 7.58. The van der Waals surface area contributed by atoms with Gasteiger partial charge in [-0.2, -0.15) is 83.1 Å². The van der Waals surface area contributed by atoms with Crippen LogP contribution in [-0.4, -0.2) is 74.4 Å². The van der Waals surface area contributed by atoms with Gasteiger partial charge in [0.25, 0.3) is 0 Å². The summed E-state index contributed by atoms with van der Waals surface area (Å²) >= 11 is 0. The van der Waals surface area contributed by atoms with E-state index in [9.17, 15) is 87.8 Å². The van der Waals surface area contributed by atoms with Gasteiger partial charge in [0.2, 0.25) is 0 Å². The standard InChI is InChI=1S/C18H11F17O5S/c1-2-39-7-10(36)8-3-5-9(6-4-8)40-41(37,38)18(34,35)16(29,30)14(25,26)12(21,22)11(19,20)13(23,24)15(27,28)17(31,32)33/h3-6H,2,7H2,1H3. The van der Waals surface area contributed by atoms with Crippen molar-refractivity contribution in [2.24, 2.45) is 0 Å². The fourth-order valence-electron chi connectivity index (χ4n) is 2.46. The van der Waals surface area contributed by atoms with Crippen LogP contribution in [0.15, 0.2) is 24.3 Å². The summed E-state index contributed by atoms with van der Waals surface area (Å²) in [6, 6.07) is 1.50. The van der Waals surface area contributed by atoms with E-state index in [2.05, 4.69) is 4.18 Å². The molecular formula is C18H11F17O5S. The van der Waals surface area contributed by atoms with Crippen molar-refractivity contribution in [3.63, 3.8) is 0 Å². The Kier molecular flexibility index (Phi) is 9.42. The lowest BCUT2D eigenvalue weighted by Gasteiger charge is -2.42. The van der Waals surface area contributed by atoms with Gasteiger partial charge < -0.3 is 8.92 Å². The molecule has 41 heavy (non-hydrogen) atoms. The van der Waals surface area contributed by atoms with Crippen LogP contribution in [0.2, 0.25) is 0 Å². The fourth-order valence-corrected chi connectivity index (χ4v) is 3.37. The van der Waals surface area contributed by atoms with Crippen molar-refractivity contribution in [2.75, 3.05) is 13.2 Å². The zero-order valence-corrected chi connectivity index (χ0v) is 19.9. The molecule has 5 nitrogen and oxygen atoms in total. The lowest BCUT2D eigenvalue weighted by molar-refractivity contribution is -0.458. The fraction of sp³-hybridized carbons (Fsp3) is 0.611. The lowest BCUT2D eigenvalue weighted by atomic mass is 9.91. The Labute approximate surface area is 216 Å². The topological polar surface area (TPSA) is 69.7 Å². The Hall–Kier alpha value is -2.59. The molecule has 23 heteroatoms. The Balaban J connectivity index is 3.55. The van der Waals surface area contributed by atoms with E-state index in [1.807, 2.05) is 0 Å². The summed E-state index contributed by atoms with van der Waals surface area (Å²) in [5, 5.41) is -7.81. The SMILES string of the molecule is CCOCC(=O)c1ccc(OS(=O)(=O)C(F)(F)C(F)(F)C(F)(F)C(F)(F)C(F)(F)C(F)(F)C(F)(F)C(F)(F)F)cc1. The summed E-state index contributed by atoms with van der Waals surface area (Å²) < 4.78 is 257. The third-order valence-corrected chi connectivity index (χ3v) is 6.12. The number of hydrogen-bond acceptors (Lipinski definition) is 5. The largest absolute Gasteiger partial charge is 0.460 e. The smallest absolute Gasteiger partial charge is 0.378 e. The van der Waals surface area contributed by atoms with Gasteiger partial charge in [0.15, 0.2) is 5.78 Å². The molecule has 1 rings (SSSR count). The van der Waals surface area contributed by atoms with Crippen molar-refractivity contribution in [1.82, 2.24) is 0 Å². The van der Waals surface area contributed by atoms with Gasteiger partial charge in [-0.3, -0.25) is 4.79 Å². The van der Waals surface area contributed by atoms with Gasteiger partial charge >= 0.3 is 57.1 Å². The number of benzene rings is 1. The minimum atomic E-state index is -8.94. The molecule has 0 N–H and O–H groups in total. The van der Waals surface area contributed by atoms with Gasteiger partial charge in [0.05, 0.1) is 0 Å². The molecule has 0 aliphatic rings. The molecule has 0 atom stereocenters. The summed E-state index contributed by atoms with van der Waals surface area (Å²) in [5.74, 6) is -54.6. The second-order valence-corrected chi connectivity index (χ2v) is 9.17. The van der Waals surface area contributed by atoms with E-state index >= 15 is 0 Å². The number of ketones is 1. The first-order valence-corrected chi connectivity index (χ1v) is 11.2. The molecule has 0 radical (unpaired) electrons. The number of halogens is 17. The van der Waals surface area contributed by atoms with E-state index < -0.39 is 80.8 Å². The number of ether oxygens (including phenoxy) is 1. The number of rotatable bonds is 13. The predicted octanol–water partition coefficient (Wildman–Crippen LogP) is 6.58. The molecule has 1 aromatic carbocycles. The Morgan fingerprint density at radius 1 is 0.634 bits per heavy atom. The Morgan fingerprint density at radius 2 is 1.00 bits per heavy atom. The Bertz CT molecular complexity index is 1210. The quantitative estimate of drug-likeness (QED) is 0.136. The number of alkyl halides is 17.